The molecule has 2 aliphatic carbocycles. The van der Waals surface area contributed by atoms with Gasteiger partial charge in [-0.25, -0.2) is 4.83 Å². The summed E-state index contributed by atoms with van der Waals surface area (Å²) in [4.78, 5) is 2.71. The van der Waals surface area contributed by atoms with Gasteiger partial charge in [0.15, 0.2) is 0 Å². The van der Waals surface area contributed by atoms with Gasteiger partial charge in [-0.3, -0.25) is 0 Å². The molecule has 0 spiro atoms. The van der Waals surface area contributed by atoms with Gasteiger partial charge in [0.1, 0.15) is 0 Å². The van der Waals surface area contributed by atoms with Crippen molar-refractivity contribution in [3.8, 4) is 0 Å². The second kappa shape index (κ2) is 5.59. The van der Waals surface area contributed by atoms with E-state index in [0.29, 0.717) is 5.92 Å². The largest absolute Gasteiger partial charge is 0.276 e. The average molecular weight is 399 g/mol. The van der Waals surface area contributed by atoms with Gasteiger partial charge >= 0.3 is 0 Å². The third kappa shape index (κ3) is 2.54. The van der Waals surface area contributed by atoms with E-state index >= 15 is 0 Å². The summed E-state index contributed by atoms with van der Waals surface area (Å²) in [7, 11) is -3.60. The number of nitrogens with one attached hydrogen (secondary N) is 1. The van der Waals surface area contributed by atoms with Crippen molar-refractivity contribution >= 4 is 31.7 Å². The summed E-state index contributed by atoms with van der Waals surface area (Å²) >= 11 is 3.66. The summed E-state index contributed by atoms with van der Waals surface area (Å²) in [6.45, 7) is 6.44. The number of hydrogen-bond acceptors (Lipinski definition) is 3. The molecule has 3 atom stereocenters. The smallest absolute Gasteiger partial charge is 0.200 e. The van der Waals surface area contributed by atoms with Crippen LogP contribution in [-0.2, 0) is 10.0 Å². The highest BCUT2D eigenvalue weighted by Gasteiger charge is 2.62. The summed E-state index contributed by atoms with van der Waals surface area (Å²) in [5.74, 6) is 0.578. The van der Waals surface area contributed by atoms with Crippen molar-refractivity contribution in [2.75, 3.05) is 5.33 Å². The van der Waals surface area contributed by atoms with Crippen LogP contribution in [0, 0.1) is 23.7 Å². The molecule has 4 nitrogen and oxygen atoms in total. The van der Waals surface area contributed by atoms with Crippen LogP contribution in [0.1, 0.15) is 38.7 Å². The van der Waals surface area contributed by atoms with Crippen molar-refractivity contribution < 1.29 is 8.42 Å². The minimum atomic E-state index is -3.60. The molecule has 2 aliphatic rings. The Morgan fingerprint density at radius 1 is 1.30 bits per heavy atom. The van der Waals surface area contributed by atoms with Crippen molar-refractivity contribution in [3.63, 3.8) is 0 Å². The lowest BCUT2D eigenvalue weighted by molar-refractivity contribution is 0.203. The Labute approximate surface area is 146 Å². The first-order chi connectivity index (χ1) is 10.7. The van der Waals surface area contributed by atoms with E-state index in [1.165, 1.54) is 6.42 Å². The van der Waals surface area contributed by atoms with Crippen molar-refractivity contribution in [2.24, 2.45) is 21.8 Å². The molecular formula is C17H23BrN2O2S. The first kappa shape index (κ1) is 17.0. The maximum atomic E-state index is 12.4. The summed E-state index contributed by atoms with van der Waals surface area (Å²) in [6, 6.07) is 6.82. The highest BCUT2D eigenvalue weighted by molar-refractivity contribution is 9.09. The van der Waals surface area contributed by atoms with Crippen LogP contribution in [0.3, 0.4) is 0 Å². The molecule has 6 heteroatoms. The highest BCUT2D eigenvalue weighted by atomic mass is 79.9. The van der Waals surface area contributed by atoms with Gasteiger partial charge in [-0.2, -0.15) is 13.5 Å². The molecule has 126 valence electrons. The molecule has 0 saturated heterocycles. The SMILES string of the molecule is Cc1ccc(S(=O)(=O)N/N=C2/C[C@H]3CC[C@@]2(C)[C@@]3(C)CBr)cc1. The van der Waals surface area contributed by atoms with Gasteiger partial charge in [0, 0.05) is 16.5 Å². The molecule has 23 heavy (non-hydrogen) atoms. The third-order valence-corrected chi connectivity index (χ3v) is 8.53. The number of alkyl halides is 1. The van der Waals surface area contributed by atoms with Gasteiger partial charge in [-0.05, 0) is 49.7 Å². The number of halogens is 1. The minimum absolute atomic E-state index is 0.0308. The van der Waals surface area contributed by atoms with Crippen LogP contribution in [0.2, 0.25) is 0 Å². The normalized spacial score (nSPS) is 35.0. The number of rotatable bonds is 4. The molecule has 3 rings (SSSR count). The van der Waals surface area contributed by atoms with Gasteiger partial charge in [-0.15, -0.1) is 0 Å². The fourth-order valence-electron chi connectivity index (χ4n) is 4.09. The van der Waals surface area contributed by atoms with E-state index in [4.69, 9.17) is 0 Å². The molecule has 1 N–H and O–H groups in total. The van der Waals surface area contributed by atoms with Gasteiger partial charge < -0.3 is 0 Å². The second-order valence-corrected chi connectivity index (χ2v) is 9.51. The minimum Gasteiger partial charge on any atom is -0.200 e. The first-order valence-corrected chi connectivity index (χ1v) is 10.5. The van der Waals surface area contributed by atoms with Crippen LogP contribution < -0.4 is 4.83 Å². The quantitative estimate of drug-likeness (QED) is 0.618. The van der Waals surface area contributed by atoms with Crippen LogP contribution in [0.5, 0.6) is 0 Å². The van der Waals surface area contributed by atoms with Crippen molar-refractivity contribution in [1.82, 2.24) is 4.83 Å². The standard InChI is InChI=1S/C17H23BrN2O2S/c1-12-4-6-14(7-5-12)23(21,22)20-19-15-10-13-8-9-16(15,2)17(13,3)11-18/h4-7,13,20H,8-11H2,1-3H3/b19-15-/t13-,16-,17+/m1/s1. The number of fused-ring (bicyclic) bond motifs is 2. The summed E-state index contributed by atoms with van der Waals surface area (Å²) in [6.07, 6.45) is 3.15. The van der Waals surface area contributed by atoms with E-state index in [-0.39, 0.29) is 15.7 Å². The Balaban J connectivity index is 1.85. The number of sulfonamides is 1. The number of hydrogen-bond donors (Lipinski definition) is 1. The lowest BCUT2D eigenvalue weighted by atomic mass is 9.70. The zero-order valence-electron chi connectivity index (χ0n) is 13.8. The maximum absolute atomic E-state index is 12.4. The Morgan fingerprint density at radius 2 is 1.96 bits per heavy atom. The third-order valence-electron chi connectivity index (χ3n) is 6.14. The molecule has 0 unspecified atom stereocenters. The van der Waals surface area contributed by atoms with Crippen LogP contribution in [0.4, 0.5) is 0 Å². The molecule has 0 amide bonds. The highest BCUT2D eigenvalue weighted by Crippen LogP contribution is 2.64. The van der Waals surface area contributed by atoms with Crippen LogP contribution in [0.15, 0.2) is 34.3 Å². The number of benzene rings is 1. The topological polar surface area (TPSA) is 58.5 Å². The lowest BCUT2D eigenvalue weighted by Crippen LogP contribution is -2.37. The molecule has 0 radical (unpaired) electrons. The van der Waals surface area contributed by atoms with E-state index in [1.807, 2.05) is 6.92 Å². The second-order valence-electron chi connectivity index (χ2n) is 7.29. The van der Waals surface area contributed by atoms with Crippen molar-refractivity contribution in [2.45, 2.75) is 44.9 Å². The van der Waals surface area contributed by atoms with Gasteiger partial charge in [0.25, 0.3) is 10.0 Å². The van der Waals surface area contributed by atoms with Crippen molar-refractivity contribution in [1.29, 1.82) is 0 Å². The molecular weight excluding hydrogens is 376 g/mol. The molecule has 0 heterocycles. The Kier molecular flexibility index (Phi) is 4.12. The summed E-state index contributed by atoms with van der Waals surface area (Å²) in [5.41, 5.74) is 2.15. The summed E-state index contributed by atoms with van der Waals surface area (Å²) < 4.78 is 24.8. The van der Waals surface area contributed by atoms with Crippen LogP contribution in [0.25, 0.3) is 0 Å². The molecule has 0 aromatic heterocycles. The Bertz CT molecular complexity index is 744. The molecule has 1 aromatic rings. The first-order valence-electron chi connectivity index (χ1n) is 7.94. The summed E-state index contributed by atoms with van der Waals surface area (Å²) in [5, 5.41) is 5.27. The van der Waals surface area contributed by atoms with Gasteiger partial charge in [-0.1, -0.05) is 47.5 Å². The Morgan fingerprint density at radius 3 is 2.52 bits per heavy atom. The molecule has 1 aromatic carbocycles. The van der Waals surface area contributed by atoms with Gasteiger partial charge in [0.2, 0.25) is 0 Å². The van der Waals surface area contributed by atoms with Crippen LogP contribution in [-0.4, -0.2) is 19.5 Å². The van der Waals surface area contributed by atoms with E-state index in [9.17, 15) is 8.42 Å². The Hall–Kier alpha value is -0.880. The number of hydrazone groups is 1. The van der Waals surface area contributed by atoms with E-state index in [1.54, 1.807) is 24.3 Å². The van der Waals surface area contributed by atoms with E-state index in [2.05, 4.69) is 39.7 Å². The fraction of sp³-hybridized carbons (Fsp3) is 0.588. The molecule has 2 fully saturated rings. The van der Waals surface area contributed by atoms with E-state index < -0.39 is 10.0 Å². The van der Waals surface area contributed by atoms with Crippen molar-refractivity contribution in [3.05, 3.63) is 29.8 Å². The molecule has 0 aliphatic heterocycles. The number of aryl methyl sites for hydroxylation is 1. The lowest BCUT2D eigenvalue weighted by Gasteiger charge is -2.36. The predicted molar refractivity (Wildman–Crippen MR) is 96.3 cm³/mol. The van der Waals surface area contributed by atoms with Gasteiger partial charge in [0.05, 0.1) is 4.90 Å². The molecule has 2 bridgehead atoms. The predicted octanol–water partition coefficient (Wildman–Crippen LogP) is 3.85. The van der Waals surface area contributed by atoms with E-state index in [0.717, 1.165) is 29.4 Å². The maximum Gasteiger partial charge on any atom is 0.276 e. The zero-order chi connectivity index (χ0) is 16.9. The zero-order valence-corrected chi connectivity index (χ0v) is 16.2. The van der Waals surface area contributed by atoms with Crippen LogP contribution >= 0.6 is 15.9 Å². The average Bonchev–Trinajstić information content (AvgIpc) is 2.89. The fourth-order valence-corrected chi connectivity index (χ4v) is 6.00. The number of nitrogens with zero attached hydrogens (tertiary/aromatic N) is 1. The monoisotopic (exact) mass is 398 g/mol. The molecule has 2 saturated carbocycles.